The van der Waals surface area contributed by atoms with Crippen LogP contribution in [0.1, 0.15) is 22.8 Å². The average Bonchev–Trinajstić information content (AvgIpc) is 2.90. The number of esters is 1. The minimum Gasteiger partial charge on any atom is -0.497 e. The molecule has 0 unspecified atom stereocenters. The molecule has 8 heteroatoms. The Kier molecular flexibility index (Phi) is 7.97. The zero-order valence-electron chi connectivity index (χ0n) is 19.6. The quantitative estimate of drug-likeness (QED) is 0.132. The summed E-state index contributed by atoms with van der Waals surface area (Å²) in [6, 6.07) is 25.0. The fourth-order valence-electron chi connectivity index (χ4n) is 3.41. The zero-order chi connectivity index (χ0) is 25.5. The van der Waals surface area contributed by atoms with Crippen molar-refractivity contribution >= 4 is 44.8 Å². The highest BCUT2D eigenvalue weighted by Gasteiger charge is 2.16. The number of halogens is 1. The molecule has 0 aliphatic heterocycles. The number of carbonyl (C=O) groups excluding carboxylic acids is 2. The molecule has 0 saturated heterocycles. The Hall–Kier alpha value is -4.17. The van der Waals surface area contributed by atoms with Crippen molar-refractivity contribution in [1.82, 2.24) is 5.43 Å². The Morgan fingerprint density at radius 2 is 1.61 bits per heavy atom. The minimum absolute atomic E-state index is 0.312. The van der Waals surface area contributed by atoms with Crippen molar-refractivity contribution < 1.29 is 23.8 Å². The molecule has 4 aromatic rings. The lowest BCUT2D eigenvalue weighted by molar-refractivity contribution is -0.127. The van der Waals surface area contributed by atoms with E-state index in [1.54, 1.807) is 56.5 Å². The van der Waals surface area contributed by atoms with E-state index >= 15 is 0 Å². The SMILES string of the molecule is COc1ccc(C(=O)Oc2ccc3ccccc3c2/C=N\NC(=O)[C@@H](C)Oc2ccc(Br)cc2)cc1. The van der Waals surface area contributed by atoms with Gasteiger partial charge in [0.2, 0.25) is 0 Å². The molecule has 36 heavy (non-hydrogen) atoms. The molecule has 0 bridgehead atoms. The van der Waals surface area contributed by atoms with Crippen LogP contribution in [0.4, 0.5) is 0 Å². The lowest BCUT2D eigenvalue weighted by Crippen LogP contribution is -2.33. The molecule has 0 saturated carbocycles. The van der Waals surface area contributed by atoms with Crippen molar-refractivity contribution in [3.63, 3.8) is 0 Å². The van der Waals surface area contributed by atoms with Gasteiger partial charge in [0.1, 0.15) is 17.2 Å². The summed E-state index contributed by atoms with van der Waals surface area (Å²) in [7, 11) is 1.56. The minimum atomic E-state index is -0.775. The Morgan fingerprint density at radius 3 is 2.33 bits per heavy atom. The van der Waals surface area contributed by atoms with Crippen LogP contribution in [0.25, 0.3) is 10.8 Å². The van der Waals surface area contributed by atoms with Crippen molar-refractivity contribution in [2.45, 2.75) is 13.0 Å². The van der Waals surface area contributed by atoms with Gasteiger partial charge in [-0.25, -0.2) is 10.2 Å². The number of rotatable bonds is 8. The standard InChI is InChI=1S/C28H23BrN2O5/c1-18(35-23-14-10-21(29)11-15-23)27(32)31-30-17-25-24-6-4-3-5-19(24)9-16-26(25)36-28(33)20-7-12-22(34-2)13-8-20/h3-18H,1-2H3,(H,31,32)/b30-17-/t18-/m1/s1. The molecular formula is C28H23BrN2O5. The smallest absolute Gasteiger partial charge is 0.343 e. The predicted octanol–water partition coefficient (Wildman–Crippen LogP) is 5.75. The van der Waals surface area contributed by atoms with Crippen LogP contribution in [-0.4, -0.2) is 31.3 Å². The summed E-state index contributed by atoms with van der Waals surface area (Å²) in [4.78, 5) is 25.3. The third kappa shape index (κ3) is 6.09. The van der Waals surface area contributed by atoms with Gasteiger partial charge in [0, 0.05) is 10.0 Å². The van der Waals surface area contributed by atoms with E-state index in [-0.39, 0.29) is 0 Å². The summed E-state index contributed by atoms with van der Waals surface area (Å²) in [5.74, 6) is 0.562. The van der Waals surface area contributed by atoms with Crippen LogP contribution in [0.5, 0.6) is 17.2 Å². The van der Waals surface area contributed by atoms with Crippen molar-refractivity contribution in [3.05, 3.63) is 101 Å². The van der Waals surface area contributed by atoms with Gasteiger partial charge in [0.15, 0.2) is 6.10 Å². The molecule has 4 rings (SSSR count). The molecule has 0 aliphatic rings. The van der Waals surface area contributed by atoms with E-state index in [2.05, 4.69) is 26.5 Å². The van der Waals surface area contributed by atoms with Crippen LogP contribution in [0.2, 0.25) is 0 Å². The van der Waals surface area contributed by atoms with Crippen LogP contribution in [0, 0.1) is 0 Å². The van der Waals surface area contributed by atoms with Crippen LogP contribution in [0.3, 0.4) is 0 Å². The number of fused-ring (bicyclic) bond motifs is 1. The molecule has 0 aromatic heterocycles. The van der Waals surface area contributed by atoms with Crippen LogP contribution < -0.4 is 19.6 Å². The maximum atomic E-state index is 12.8. The maximum absolute atomic E-state index is 12.8. The lowest BCUT2D eigenvalue weighted by Gasteiger charge is -2.13. The normalized spacial score (nSPS) is 11.8. The third-order valence-corrected chi connectivity index (χ3v) is 5.85. The molecule has 0 heterocycles. The van der Waals surface area contributed by atoms with E-state index in [1.807, 2.05) is 42.5 Å². The van der Waals surface area contributed by atoms with Gasteiger partial charge in [-0.1, -0.05) is 46.3 Å². The number of amides is 1. The highest BCUT2D eigenvalue weighted by atomic mass is 79.9. The predicted molar refractivity (Wildman–Crippen MR) is 142 cm³/mol. The van der Waals surface area contributed by atoms with Gasteiger partial charge in [-0.05, 0) is 72.3 Å². The van der Waals surface area contributed by atoms with Crippen LogP contribution >= 0.6 is 15.9 Å². The molecule has 1 N–H and O–H groups in total. The number of hydrogen-bond acceptors (Lipinski definition) is 6. The van der Waals surface area contributed by atoms with Gasteiger partial charge < -0.3 is 14.2 Å². The Morgan fingerprint density at radius 1 is 0.917 bits per heavy atom. The van der Waals surface area contributed by atoms with E-state index in [9.17, 15) is 9.59 Å². The van der Waals surface area contributed by atoms with Crippen molar-refractivity contribution in [1.29, 1.82) is 0 Å². The summed E-state index contributed by atoms with van der Waals surface area (Å²) >= 11 is 3.36. The molecule has 0 fully saturated rings. The van der Waals surface area contributed by atoms with E-state index in [4.69, 9.17) is 14.2 Å². The number of nitrogens with one attached hydrogen (secondary N) is 1. The first-order chi connectivity index (χ1) is 17.4. The van der Waals surface area contributed by atoms with Crippen molar-refractivity contribution in [2.75, 3.05) is 7.11 Å². The Balaban J connectivity index is 1.52. The number of benzene rings is 4. The van der Waals surface area contributed by atoms with Gasteiger partial charge in [-0.2, -0.15) is 5.10 Å². The summed E-state index contributed by atoms with van der Waals surface area (Å²) in [6.45, 7) is 1.63. The third-order valence-electron chi connectivity index (χ3n) is 5.32. The fraction of sp³-hybridized carbons (Fsp3) is 0.107. The summed E-state index contributed by atoms with van der Waals surface area (Å²) in [5, 5.41) is 5.86. The number of nitrogens with zero attached hydrogens (tertiary/aromatic N) is 1. The molecule has 7 nitrogen and oxygen atoms in total. The first-order valence-corrected chi connectivity index (χ1v) is 11.9. The van der Waals surface area contributed by atoms with E-state index < -0.39 is 18.0 Å². The lowest BCUT2D eigenvalue weighted by atomic mass is 10.0. The largest absolute Gasteiger partial charge is 0.497 e. The van der Waals surface area contributed by atoms with Crippen molar-refractivity contribution in [2.24, 2.45) is 5.10 Å². The molecule has 1 amide bonds. The van der Waals surface area contributed by atoms with E-state index in [0.29, 0.717) is 28.4 Å². The summed E-state index contributed by atoms with van der Waals surface area (Å²) in [5.41, 5.74) is 3.42. The Labute approximate surface area is 216 Å². The number of hydrazone groups is 1. The summed E-state index contributed by atoms with van der Waals surface area (Å²) < 4.78 is 17.4. The van der Waals surface area contributed by atoms with Crippen LogP contribution in [-0.2, 0) is 4.79 Å². The zero-order valence-corrected chi connectivity index (χ0v) is 21.2. The highest BCUT2D eigenvalue weighted by Crippen LogP contribution is 2.27. The molecule has 0 radical (unpaired) electrons. The first kappa shape index (κ1) is 24.9. The topological polar surface area (TPSA) is 86.2 Å². The number of carbonyl (C=O) groups is 2. The fourth-order valence-corrected chi connectivity index (χ4v) is 3.67. The number of methoxy groups -OCH3 is 1. The van der Waals surface area contributed by atoms with Gasteiger partial charge >= 0.3 is 5.97 Å². The first-order valence-electron chi connectivity index (χ1n) is 11.1. The van der Waals surface area contributed by atoms with Gasteiger partial charge in [0.05, 0.1) is 18.9 Å². The van der Waals surface area contributed by atoms with E-state index in [1.165, 1.54) is 6.21 Å². The van der Waals surface area contributed by atoms with E-state index in [0.717, 1.165) is 15.2 Å². The van der Waals surface area contributed by atoms with Gasteiger partial charge in [-0.15, -0.1) is 0 Å². The Bertz CT molecular complexity index is 1400. The molecular weight excluding hydrogens is 524 g/mol. The van der Waals surface area contributed by atoms with Crippen molar-refractivity contribution in [3.8, 4) is 17.2 Å². The monoisotopic (exact) mass is 546 g/mol. The summed E-state index contributed by atoms with van der Waals surface area (Å²) in [6.07, 6.45) is 0.687. The van der Waals surface area contributed by atoms with Gasteiger partial charge in [0.25, 0.3) is 5.91 Å². The second-order valence-corrected chi connectivity index (χ2v) is 8.68. The second kappa shape index (κ2) is 11.5. The maximum Gasteiger partial charge on any atom is 0.343 e. The van der Waals surface area contributed by atoms with Crippen LogP contribution in [0.15, 0.2) is 94.5 Å². The van der Waals surface area contributed by atoms with Gasteiger partial charge in [-0.3, -0.25) is 4.79 Å². The molecule has 0 aliphatic carbocycles. The molecule has 4 aromatic carbocycles. The number of ether oxygens (including phenoxy) is 3. The average molecular weight is 547 g/mol. The highest BCUT2D eigenvalue weighted by molar-refractivity contribution is 9.10. The molecule has 0 spiro atoms. The second-order valence-electron chi connectivity index (χ2n) is 7.76. The number of hydrogen-bond donors (Lipinski definition) is 1. The molecule has 182 valence electrons. The molecule has 1 atom stereocenters.